The third kappa shape index (κ3) is 5.19. The van der Waals surface area contributed by atoms with Crippen molar-refractivity contribution >= 4 is 27.5 Å². The van der Waals surface area contributed by atoms with Gasteiger partial charge in [-0.2, -0.15) is 0 Å². The van der Waals surface area contributed by atoms with Gasteiger partial charge in [0.15, 0.2) is 0 Å². The highest BCUT2D eigenvalue weighted by atomic mass is 35.5. The van der Waals surface area contributed by atoms with Crippen molar-refractivity contribution in [3.05, 3.63) is 34.9 Å². The van der Waals surface area contributed by atoms with Crippen LogP contribution in [0, 0.1) is 5.92 Å². The van der Waals surface area contributed by atoms with Gasteiger partial charge < -0.3 is 5.32 Å². The minimum atomic E-state index is -3.36. The van der Waals surface area contributed by atoms with Crippen LogP contribution in [-0.2, 0) is 20.6 Å². The van der Waals surface area contributed by atoms with Crippen LogP contribution in [0.5, 0.6) is 0 Å². The predicted octanol–water partition coefficient (Wildman–Crippen LogP) is 2.41. The molecule has 0 saturated carbocycles. The van der Waals surface area contributed by atoms with Gasteiger partial charge in [0.25, 0.3) is 0 Å². The Bertz CT molecular complexity index is 636. The molecule has 1 saturated heterocycles. The number of sulfonamides is 1. The Labute approximate surface area is 143 Å². The van der Waals surface area contributed by atoms with Gasteiger partial charge in [-0.05, 0) is 44.4 Å². The average molecular weight is 359 g/mol. The summed E-state index contributed by atoms with van der Waals surface area (Å²) in [6.07, 6.45) is 1.14. The third-order valence-corrected chi connectivity index (χ3v) is 6.01. The monoisotopic (exact) mass is 358 g/mol. The Hall–Kier alpha value is -1.11. The SMILES string of the molecule is CC(C)NC(=O)C1CCN(S(=O)(=O)Cc2ccc(Cl)cc2)CC1. The minimum Gasteiger partial charge on any atom is -0.354 e. The van der Waals surface area contributed by atoms with Crippen molar-refractivity contribution in [2.24, 2.45) is 5.92 Å². The number of rotatable bonds is 5. The number of benzene rings is 1. The molecule has 0 unspecified atom stereocenters. The molecular formula is C16H23ClN2O3S. The molecule has 23 heavy (non-hydrogen) atoms. The summed E-state index contributed by atoms with van der Waals surface area (Å²) >= 11 is 5.82. The number of nitrogens with zero attached hydrogens (tertiary/aromatic N) is 1. The van der Waals surface area contributed by atoms with E-state index >= 15 is 0 Å². The van der Waals surface area contributed by atoms with Crippen LogP contribution in [0.15, 0.2) is 24.3 Å². The normalized spacial score (nSPS) is 17.4. The first-order valence-electron chi connectivity index (χ1n) is 7.80. The predicted molar refractivity (Wildman–Crippen MR) is 91.7 cm³/mol. The molecule has 1 aliphatic heterocycles. The number of carbonyl (C=O) groups is 1. The molecule has 0 bridgehead atoms. The number of nitrogens with one attached hydrogen (secondary N) is 1. The van der Waals surface area contributed by atoms with E-state index in [2.05, 4.69) is 5.32 Å². The summed E-state index contributed by atoms with van der Waals surface area (Å²) in [5, 5.41) is 3.48. The second-order valence-corrected chi connectivity index (χ2v) is 8.62. The molecule has 2 rings (SSSR count). The first kappa shape index (κ1) is 18.2. The van der Waals surface area contributed by atoms with E-state index in [0.717, 1.165) is 0 Å². The van der Waals surface area contributed by atoms with Crippen LogP contribution in [0.1, 0.15) is 32.3 Å². The fourth-order valence-electron chi connectivity index (χ4n) is 2.68. The fraction of sp³-hybridized carbons (Fsp3) is 0.562. The lowest BCUT2D eigenvalue weighted by Gasteiger charge is -2.31. The number of amides is 1. The first-order valence-corrected chi connectivity index (χ1v) is 9.79. The van der Waals surface area contributed by atoms with Crippen LogP contribution < -0.4 is 5.32 Å². The van der Waals surface area contributed by atoms with Crippen molar-refractivity contribution in [2.45, 2.75) is 38.5 Å². The van der Waals surface area contributed by atoms with Crippen LogP contribution in [0.3, 0.4) is 0 Å². The summed E-state index contributed by atoms with van der Waals surface area (Å²) in [5.41, 5.74) is 0.717. The molecule has 0 aromatic heterocycles. The van der Waals surface area contributed by atoms with E-state index in [-0.39, 0.29) is 23.6 Å². The summed E-state index contributed by atoms with van der Waals surface area (Å²) in [7, 11) is -3.36. The summed E-state index contributed by atoms with van der Waals surface area (Å²) < 4.78 is 26.5. The molecule has 0 spiro atoms. The minimum absolute atomic E-state index is 0.0229. The zero-order valence-corrected chi connectivity index (χ0v) is 15.0. The van der Waals surface area contributed by atoms with Gasteiger partial charge in [0.2, 0.25) is 15.9 Å². The number of carbonyl (C=O) groups excluding carboxylic acids is 1. The zero-order chi connectivity index (χ0) is 17.0. The second-order valence-electron chi connectivity index (χ2n) is 6.22. The van der Waals surface area contributed by atoms with Crippen molar-refractivity contribution in [3.63, 3.8) is 0 Å². The van der Waals surface area contributed by atoms with Crippen molar-refractivity contribution < 1.29 is 13.2 Å². The van der Waals surface area contributed by atoms with Crippen molar-refractivity contribution in [1.82, 2.24) is 9.62 Å². The smallest absolute Gasteiger partial charge is 0.223 e. The maximum absolute atomic E-state index is 12.5. The molecule has 0 atom stereocenters. The lowest BCUT2D eigenvalue weighted by atomic mass is 9.97. The molecule has 1 N–H and O–H groups in total. The third-order valence-electron chi connectivity index (χ3n) is 3.91. The molecule has 1 aromatic carbocycles. The van der Waals surface area contributed by atoms with Gasteiger partial charge in [0.05, 0.1) is 5.75 Å². The summed E-state index contributed by atoms with van der Waals surface area (Å²) in [6, 6.07) is 6.93. The van der Waals surface area contributed by atoms with E-state index in [1.165, 1.54) is 4.31 Å². The molecule has 1 amide bonds. The van der Waals surface area contributed by atoms with Gasteiger partial charge in [0.1, 0.15) is 0 Å². The Morgan fingerprint density at radius 2 is 1.83 bits per heavy atom. The van der Waals surface area contributed by atoms with E-state index in [0.29, 0.717) is 36.5 Å². The van der Waals surface area contributed by atoms with Crippen LogP contribution in [0.25, 0.3) is 0 Å². The fourth-order valence-corrected chi connectivity index (χ4v) is 4.37. The number of halogens is 1. The summed E-state index contributed by atoms with van der Waals surface area (Å²) in [6.45, 7) is 4.63. The van der Waals surface area contributed by atoms with Gasteiger partial charge in [0, 0.05) is 30.1 Å². The summed E-state index contributed by atoms with van der Waals surface area (Å²) in [5.74, 6) is -0.110. The largest absolute Gasteiger partial charge is 0.354 e. The van der Waals surface area contributed by atoms with Gasteiger partial charge >= 0.3 is 0 Å². The van der Waals surface area contributed by atoms with Crippen LogP contribution >= 0.6 is 11.6 Å². The average Bonchev–Trinajstić information content (AvgIpc) is 2.49. The highest BCUT2D eigenvalue weighted by molar-refractivity contribution is 7.88. The van der Waals surface area contributed by atoms with Crippen molar-refractivity contribution in [1.29, 1.82) is 0 Å². The lowest BCUT2D eigenvalue weighted by molar-refractivity contribution is -0.126. The van der Waals surface area contributed by atoms with Gasteiger partial charge in [-0.25, -0.2) is 12.7 Å². The Morgan fingerprint density at radius 1 is 1.26 bits per heavy atom. The highest BCUT2D eigenvalue weighted by Gasteiger charge is 2.31. The molecule has 1 heterocycles. The van der Waals surface area contributed by atoms with Gasteiger partial charge in [-0.15, -0.1) is 0 Å². The topological polar surface area (TPSA) is 66.5 Å². The van der Waals surface area contributed by atoms with Crippen molar-refractivity contribution in [2.75, 3.05) is 13.1 Å². The molecule has 5 nitrogen and oxygen atoms in total. The Kier molecular flexibility index (Phi) is 6.06. The van der Waals surface area contributed by atoms with E-state index in [9.17, 15) is 13.2 Å². The van der Waals surface area contributed by atoms with E-state index in [1.54, 1.807) is 24.3 Å². The Balaban J connectivity index is 1.93. The van der Waals surface area contributed by atoms with Crippen LogP contribution in [-0.4, -0.2) is 37.8 Å². The highest BCUT2D eigenvalue weighted by Crippen LogP contribution is 2.22. The standard InChI is InChI=1S/C16H23ClN2O3S/c1-12(2)18-16(20)14-7-9-19(10-8-14)23(21,22)11-13-3-5-15(17)6-4-13/h3-6,12,14H,7-11H2,1-2H3,(H,18,20). The van der Waals surface area contributed by atoms with Crippen LogP contribution in [0.2, 0.25) is 5.02 Å². The molecule has 7 heteroatoms. The maximum atomic E-state index is 12.5. The number of hydrogen-bond acceptors (Lipinski definition) is 3. The number of piperidine rings is 1. The van der Waals surface area contributed by atoms with E-state index in [1.807, 2.05) is 13.8 Å². The summed E-state index contributed by atoms with van der Waals surface area (Å²) in [4.78, 5) is 12.0. The van der Waals surface area contributed by atoms with Crippen LogP contribution in [0.4, 0.5) is 0 Å². The van der Waals surface area contributed by atoms with E-state index in [4.69, 9.17) is 11.6 Å². The molecule has 1 aliphatic rings. The Morgan fingerprint density at radius 3 is 2.35 bits per heavy atom. The molecule has 0 radical (unpaired) electrons. The lowest BCUT2D eigenvalue weighted by Crippen LogP contribution is -2.44. The van der Waals surface area contributed by atoms with Gasteiger partial charge in [-0.1, -0.05) is 23.7 Å². The maximum Gasteiger partial charge on any atom is 0.223 e. The second kappa shape index (κ2) is 7.64. The number of hydrogen-bond donors (Lipinski definition) is 1. The van der Waals surface area contributed by atoms with Crippen molar-refractivity contribution in [3.8, 4) is 0 Å². The molecule has 128 valence electrons. The molecular weight excluding hydrogens is 336 g/mol. The first-order chi connectivity index (χ1) is 10.8. The quantitative estimate of drug-likeness (QED) is 0.878. The molecule has 1 fully saturated rings. The molecule has 0 aliphatic carbocycles. The molecule has 1 aromatic rings. The van der Waals surface area contributed by atoms with Gasteiger partial charge in [-0.3, -0.25) is 4.79 Å². The van der Waals surface area contributed by atoms with E-state index < -0.39 is 10.0 Å². The zero-order valence-electron chi connectivity index (χ0n) is 13.5.